The van der Waals surface area contributed by atoms with Gasteiger partial charge in [0.05, 0.1) is 7.11 Å². The number of nitrogens with one attached hydrogen (secondary N) is 1. The zero-order chi connectivity index (χ0) is 11.3. The van der Waals surface area contributed by atoms with Gasteiger partial charge in [0.25, 0.3) is 0 Å². The van der Waals surface area contributed by atoms with Crippen LogP contribution in [0.4, 0.5) is 0 Å². The predicted molar refractivity (Wildman–Crippen MR) is 64.8 cm³/mol. The highest BCUT2D eigenvalue weighted by molar-refractivity contribution is 6.30. The van der Waals surface area contributed by atoms with E-state index < -0.39 is 0 Å². The Balaban J connectivity index is 2.77. The van der Waals surface area contributed by atoms with Gasteiger partial charge in [-0.15, -0.1) is 0 Å². The minimum atomic E-state index is 0.433. The molecule has 0 fully saturated rings. The van der Waals surface area contributed by atoms with E-state index in [0.717, 1.165) is 29.3 Å². The average Bonchev–Trinajstić information content (AvgIpc) is 2.18. The molecular weight excluding hydrogens is 210 g/mol. The maximum absolute atomic E-state index is 5.96. The van der Waals surface area contributed by atoms with Crippen molar-refractivity contribution in [2.24, 2.45) is 0 Å². The van der Waals surface area contributed by atoms with E-state index in [2.05, 4.69) is 19.2 Å². The summed E-state index contributed by atoms with van der Waals surface area (Å²) >= 11 is 5.96. The lowest BCUT2D eigenvalue weighted by Gasteiger charge is -2.14. The van der Waals surface area contributed by atoms with E-state index in [4.69, 9.17) is 16.3 Å². The number of rotatable bonds is 5. The van der Waals surface area contributed by atoms with Crippen LogP contribution in [-0.4, -0.2) is 19.7 Å². The Morgan fingerprint density at radius 1 is 1.47 bits per heavy atom. The molecule has 0 bridgehead atoms. The topological polar surface area (TPSA) is 21.3 Å². The fraction of sp³-hybridized carbons (Fsp3) is 0.500. The number of ether oxygens (including phenoxy) is 1. The second-order valence-corrected chi connectivity index (χ2v) is 4.06. The summed E-state index contributed by atoms with van der Waals surface area (Å²) in [5, 5.41) is 4.12. The molecule has 84 valence electrons. The molecule has 15 heavy (non-hydrogen) atoms. The Morgan fingerprint density at radius 2 is 2.20 bits per heavy atom. The standard InChI is InChI=1S/C12H18ClNO/c1-4-14-9(2)7-10-8-11(13)5-6-12(10)15-3/h5-6,8-9,14H,4,7H2,1-3H3. The van der Waals surface area contributed by atoms with Crippen LogP contribution in [0.3, 0.4) is 0 Å². The normalized spacial score (nSPS) is 12.5. The highest BCUT2D eigenvalue weighted by atomic mass is 35.5. The summed E-state index contributed by atoms with van der Waals surface area (Å²) < 4.78 is 5.29. The third-order valence-corrected chi connectivity index (χ3v) is 2.56. The summed E-state index contributed by atoms with van der Waals surface area (Å²) in [6, 6.07) is 6.16. The summed E-state index contributed by atoms with van der Waals surface area (Å²) in [4.78, 5) is 0. The van der Waals surface area contributed by atoms with E-state index in [1.54, 1.807) is 7.11 Å². The first kappa shape index (κ1) is 12.3. The van der Waals surface area contributed by atoms with Crippen molar-refractivity contribution in [3.05, 3.63) is 28.8 Å². The largest absolute Gasteiger partial charge is 0.496 e. The number of halogens is 1. The second kappa shape index (κ2) is 5.99. The van der Waals surface area contributed by atoms with Gasteiger partial charge in [0.2, 0.25) is 0 Å². The first-order valence-corrected chi connectivity index (χ1v) is 5.61. The first-order chi connectivity index (χ1) is 7.17. The van der Waals surface area contributed by atoms with Crippen LogP contribution in [0.2, 0.25) is 5.02 Å². The molecule has 0 aliphatic carbocycles. The Morgan fingerprint density at radius 3 is 2.80 bits per heavy atom. The Hall–Kier alpha value is -0.730. The molecule has 0 aliphatic rings. The van der Waals surface area contributed by atoms with Crippen LogP contribution in [0, 0.1) is 0 Å². The minimum Gasteiger partial charge on any atom is -0.496 e. The molecule has 0 heterocycles. The number of methoxy groups -OCH3 is 1. The van der Waals surface area contributed by atoms with E-state index in [1.807, 2.05) is 18.2 Å². The number of likely N-dealkylation sites (N-methyl/N-ethyl adjacent to an activating group) is 1. The van der Waals surface area contributed by atoms with E-state index in [9.17, 15) is 0 Å². The molecule has 0 aliphatic heterocycles. The van der Waals surface area contributed by atoms with Crippen molar-refractivity contribution in [2.75, 3.05) is 13.7 Å². The number of hydrogen-bond donors (Lipinski definition) is 1. The molecule has 1 atom stereocenters. The van der Waals surface area contributed by atoms with Crippen molar-refractivity contribution in [2.45, 2.75) is 26.3 Å². The van der Waals surface area contributed by atoms with Gasteiger partial charge in [-0.2, -0.15) is 0 Å². The minimum absolute atomic E-state index is 0.433. The van der Waals surface area contributed by atoms with Crippen molar-refractivity contribution >= 4 is 11.6 Å². The SMILES string of the molecule is CCNC(C)Cc1cc(Cl)ccc1OC. The highest BCUT2D eigenvalue weighted by Gasteiger charge is 2.07. The van der Waals surface area contributed by atoms with Crippen LogP contribution in [-0.2, 0) is 6.42 Å². The van der Waals surface area contributed by atoms with Gasteiger partial charge in [-0.3, -0.25) is 0 Å². The lowest BCUT2D eigenvalue weighted by molar-refractivity contribution is 0.406. The molecule has 3 heteroatoms. The van der Waals surface area contributed by atoms with E-state index in [1.165, 1.54) is 0 Å². The smallest absolute Gasteiger partial charge is 0.122 e. The van der Waals surface area contributed by atoms with Gasteiger partial charge >= 0.3 is 0 Å². The van der Waals surface area contributed by atoms with Gasteiger partial charge in [-0.1, -0.05) is 18.5 Å². The van der Waals surface area contributed by atoms with E-state index in [0.29, 0.717) is 6.04 Å². The Labute approximate surface area is 96.6 Å². The molecule has 0 saturated heterocycles. The summed E-state index contributed by atoms with van der Waals surface area (Å²) in [6.07, 6.45) is 0.928. The van der Waals surface area contributed by atoms with Crippen molar-refractivity contribution in [3.8, 4) is 5.75 Å². The first-order valence-electron chi connectivity index (χ1n) is 5.23. The lowest BCUT2D eigenvalue weighted by atomic mass is 10.1. The van der Waals surface area contributed by atoms with Crippen LogP contribution in [0.5, 0.6) is 5.75 Å². The monoisotopic (exact) mass is 227 g/mol. The van der Waals surface area contributed by atoms with Crippen LogP contribution in [0.15, 0.2) is 18.2 Å². The maximum Gasteiger partial charge on any atom is 0.122 e. The molecule has 1 aromatic rings. The number of benzene rings is 1. The summed E-state index contributed by atoms with van der Waals surface area (Å²) in [6.45, 7) is 5.24. The van der Waals surface area contributed by atoms with Crippen LogP contribution >= 0.6 is 11.6 Å². The molecule has 1 unspecified atom stereocenters. The van der Waals surface area contributed by atoms with Gasteiger partial charge in [0.15, 0.2) is 0 Å². The molecule has 0 spiro atoms. The fourth-order valence-electron chi connectivity index (χ4n) is 1.66. The molecule has 0 saturated carbocycles. The van der Waals surface area contributed by atoms with Crippen LogP contribution in [0.25, 0.3) is 0 Å². The van der Waals surface area contributed by atoms with Gasteiger partial charge in [-0.25, -0.2) is 0 Å². The molecule has 1 aromatic carbocycles. The Kier molecular flexibility index (Phi) is 4.92. The molecule has 1 N–H and O–H groups in total. The average molecular weight is 228 g/mol. The third kappa shape index (κ3) is 3.73. The fourth-order valence-corrected chi connectivity index (χ4v) is 1.85. The highest BCUT2D eigenvalue weighted by Crippen LogP contribution is 2.23. The zero-order valence-corrected chi connectivity index (χ0v) is 10.3. The van der Waals surface area contributed by atoms with Gasteiger partial charge in [-0.05, 0) is 43.7 Å². The van der Waals surface area contributed by atoms with Crippen molar-refractivity contribution in [1.29, 1.82) is 0 Å². The van der Waals surface area contributed by atoms with Crippen LogP contribution < -0.4 is 10.1 Å². The van der Waals surface area contributed by atoms with Gasteiger partial charge < -0.3 is 10.1 Å². The van der Waals surface area contributed by atoms with Gasteiger partial charge in [0.1, 0.15) is 5.75 Å². The molecule has 0 radical (unpaired) electrons. The predicted octanol–water partition coefficient (Wildman–Crippen LogP) is 2.89. The third-order valence-electron chi connectivity index (χ3n) is 2.32. The van der Waals surface area contributed by atoms with Crippen molar-refractivity contribution in [1.82, 2.24) is 5.32 Å². The zero-order valence-electron chi connectivity index (χ0n) is 9.51. The van der Waals surface area contributed by atoms with Crippen LogP contribution in [0.1, 0.15) is 19.4 Å². The molecule has 0 amide bonds. The lowest BCUT2D eigenvalue weighted by Crippen LogP contribution is -2.27. The van der Waals surface area contributed by atoms with Crippen molar-refractivity contribution in [3.63, 3.8) is 0 Å². The van der Waals surface area contributed by atoms with E-state index >= 15 is 0 Å². The molecule has 1 rings (SSSR count). The Bertz CT molecular complexity index is 314. The molecule has 0 aromatic heterocycles. The quantitative estimate of drug-likeness (QED) is 0.835. The summed E-state index contributed by atoms with van der Waals surface area (Å²) in [5.74, 6) is 0.907. The van der Waals surface area contributed by atoms with Crippen molar-refractivity contribution < 1.29 is 4.74 Å². The summed E-state index contributed by atoms with van der Waals surface area (Å²) in [5.41, 5.74) is 1.15. The van der Waals surface area contributed by atoms with Gasteiger partial charge in [0, 0.05) is 11.1 Å². The summed E-state index contributed by atoms with van der Waals surface area (Å²) in [7, 11) is 1.69. The second-order valence-electron chi connectivity index (χ2n) is 3.62. The molecular formula is C12H18ClNO. The number of hydrogen-bond acceptors (Lipinski definition) is 2. The molecule has 2 nitrogen and oxygen atoms in total. The maximum atomic E-state index is 5.96. The van der Waals surface area contributed by atoms with E-state index in [-0.39, 0.29) is 0 Å².